The Bertz CT molecular complexity index is 242. The van der Waals surface area contributed by atoms with Gasteiger partial charge in [0.15, 0.2) is 0 Å². The second-order valence-electron chi connectivity index (χ2n) is 3.62. The van der Waals surface area contributed by atoms with Crippen molar-refractivity contribution >= 4 is 12.1 Å². The zero-order valence-electron chi connectivity index (χ0n) is 9.19. The van der Waals surface area contributed by atoms with Crippen LogP contribution in [0.2, 0.25) is 0 Å². The Morgan fingerprint density at radius 1 is 1.40 bits per heavy atom. The van der Waals surface area contributed by atoms with Crippen LogP contribution in [0.3, 0.4) is 0 Å². The van der Waals surface area contributed by atoms with Crippen LogP contribution in [0.25, 0.3) is 0 Å². The van der Waals surface area contributed by atoms with E-state index in [0.717, 1.165) is 19.3 Å². The van der Waals surface area contributed by atoms with Gasteiger partial charge in [0.25, 0.3) is 0 Å². The number of rotatable bonds is 2. The molecule has 0 aromatic rings. The lowest BCUT2D eigenvalue weighted by molar-refractivity contribution is -0.142. The normalized spacial score (nSPS) is 20.9. The monoisotopic (exact) mass is 215 g/mol. The van der Waals surface area contributed by atoms with Gasteiger partial charge in [0, 0.05) is 13.5 Å². The molecule has 1 amide bonds. The summed E-state index contributed by atoms with van der Waals surface area (Å²) in [6.07, 6.45) is 2.56. The summed E-state index contributed by atoms with van der Waals surface area (Å²) in [7, 11) is 1.36. The Morgan fingerprint density at radius 2 is 2.13 bits per heavy atom. The fourth-order valence-corrected chi connectivity index (χ4v) is 1.74. The van der Waals surface area contributed by atoms with Crippen LogP contribution in [0.15, 0.2) is 0 Å². The number of piperidine rings is 1. The molecule has 5 nitrogen and oxygen atoms in total. The van der Waals surface area contributed by atoms with Gasteiger partial charge in [0.2, 0.25) is 0 Å². The molecule has 0 aliphatic carbocycles. The fraction of sp³-hybridized carbons (Fsp3) is 0.800. The number of carbonyl (C=O) groups is 2. The maximum atomic E-state index is 11.4. The highest BCUT2D eigenvalue weighted by Crippen LogP contribution is 2.18. The van der Waals surface area contributed by atoms with Crippen molar-refractivity contribution in [1.82, 2.24) is 4.90 Å². The van der Waals surface area contributed by atoms with Crippen LogP contribution in [0, 0.1) is 0 Å². The van der Waals surface area contributed by atoms with Crippen molar-refractivity contribution in [2.45, 2.75) is 32.2 Å². The predicted molar refractivity (Wildman–Crippen MR) is 53.4 cm³/mol. The number of carbonyl (C=O) groups excluding carboxylic acids is 2. The lowest BCUT2D eigenvalue weighted by Gasteiger charge is -2.33. The maximum absolute atomic E-state index is 11.4. The second kappa shape index (κ2) is 5.58. The van der Waals surface area contributed by atoms with Crippen molar-refractivity contribution in [3.63, 3.8) is 0 Å². The average Bonchev–Trinajstić information content (AvgIpc) is 2.25. The van der Waals surface area contributed by atoms with E-state index in [1.807, 2.05) is 0 Å². The Hall–Kier alpha value is -1.26. The highest BCUT2D eigenvalue weighted by atomic mass is 16.5. The van der Waals surface area contributed by atoms with Gasteiger partial charge in [-0.1, -0.05) is 0 Å². The van der Waals surface area contributed by atoms with Crippen LogP contribution >= 0.6 is 0 Å². The van der Waals surface area contributed by atoms with Gasteiger partial charge in [-0.2, -0.15) is 0 Å². The van der Waals surface area contributed by atoms with E-state index in [0.29, 0.717) is 6.54 Å². The highest BCUT2D eigenvalue weighted by molar-refractivity contribution is 5.68. The number of amides is 1. The molecule has 0 aromatic heterocycles. The molecule has 1 aliphatic heterocycles. The Kier molecular flexibility index (Phi) is 4.39. The number of methoxy groups -OCH3 is 1. The minimum absolute atomic E-state index is 0.0323. The van der Waals surface area contributed by atoms with Crippen molar-refractivity contribution in [3.05, 3.63) is 0 Å². The van der Waals surface area contributed by atoms with Gasteiger partial charge in [-0.3, -0.25) is 4.79 Å². The molecule has 0 aromatic carbocycles. The van der Waals surface area contributed by atoms with Crippen molar-refractivity contribution in [2.75, 3.05) is 20.3 Å². The minimum atomic E-state index is -0.341. The van der Waals surface area contributed by atoms with Gasteiger partial charge in [-0.05, 0) is 19.3 Å². The van der Waals surface area contributed by atoms with Crippen LogP contribution in [0.1, 0.15) is 26.2 Å². The topological polar surface area (TPSA) is 55.8 Å². The van der Waals surface area contributed by atoms with E-state index in [2.05, 4.69) is 4.74 Å². The summed E-state index contributed by atoms with van der Waals surface area (Å²) in [5.74, 6) is -0.314. The molecule has 1 heterocycles. The third kappa shape index (κ3) is 3.42. The first-order chi connectivity index (χ1) is 7.15. The predicted octanol–water partition coefficient (Wildman–Crippen LogP) is 1.17. The van der Waals surface area contributed by atoms with E-state index in [4.69, 9.17) is 4.74 Å². The van der Waals surface area contributed by atoms with E-state index in [1.165, 1.54) is 14.0 Å². The first-order valence-electron chi connectivity index (χ1n) is 5.13. The lowest BCUT2D eigenvalue weighted by Crippen LogP contribution is -2.46. The minimum Gasteiger partial charge on any atom is -0.464 e. The Morgan fingerprint density at radius 3 is 2.73 bits per heavy atom. The number of likely N-dealkylation sites (tertiary alicyclic amines) is 1. The maximum Gasteiger partial charge on any atom is 0.409 e. The zero-order chi connectivity index (χ0) is 11.3. The van der Waals surface area contributed by atoms with E-state index in [1.54, 1.807) is 4.90 Å². The van der Waals surface area contributed by atoms with Crippen molar-refractivity contribution in [2.24, 2.45) is 0 Å². The first kappa shape index (κ1) is 11.8. The third-order valence-electron chi connectivity index (χ3n) is 2.52. The molecule has 0 N–H and O–H groups in total. The quantitative estimate of drug-likeness (QED) is 0.649. The third-order valence-corrected chi connectivity index (χ3v) is 2.52. The summed E-state index contributed by atoms with van der Waals surface area (Å²) in [4.78, 5) is 23.7. The molecule has 0 radical (unpaired) electrons. The highest BCUT2D eigenvalue weighted by Gasteiger charge is 2.27. The number of hydrogen-bond donors (Lipinski definition) is 0. The van der Waals surface area contributed by atoms with Gasteiger partial charge in [0.1, 0.15) is 6.61 Å². The van der Waals surface area contributed by atoms with Gasteiger partial charge in [0.05, 0.1) is 13.2 Å². The first-order valence-corrected chi connectivity index (χ1v) is 5.13. The molecule has 1 rings (SSSR count). The van der Waals surface area contributed by atoms with Crippen LogP contribution in [0.5, 0.6) is 0 Å². The Balaban J connectivity index is 2.49. The molecule has 1 atom stereocenters. The van der Waals surface area contributed by atoms with E-state index >= 15 is 0 Å². The largest absolute Gasteiger partial charge is 0.464 e. The number of hydrogen-bond acceptors (Lipinski definition) is 4. The van der Waals surface area contributed by atoms with Crippen LogP contribution < -0.4 is 0 Å². The summed E-state index contributed by atoms with van der Waals surface area (Å²) in [6.45, 7) is 2.31. The van der Waals surface area contributed by atoms with Crippen molar-refractivity contribution in [1.29, 1.82) is 0 Å². The molecule has 0 spiro atoms. The molecule has 1 aliphatic rings. The average molecular weight is 215 g/mol. The van der Waals surface area contributed by atoms with Crippen LogP contribution in [0.4, 0.5) is 4.79 Å². The zero-order valence-corrected chi connectivity index (χ0v) is 9.19. The molecule has 1 fully saturated rings. The smallest absolute Gasteiger partial charge is 0.409 e. The molecular formula is C10H17NO4. The van der Waals surface area contributed by atoms with Crippen molar-refractivity contribution < 1.29 is 19.1 Å². The summed E-state index contributed by atoms with van der Waals surface area (Å²) in [5.41, 5.74) is 0. The SMILES string of the molecule is COC(=O)N1CCCC[C@H]1COC(C)=O. The van der Waals surface area contributed by atoms with Crippen LogP contribution in [-0.4, -0.2) is 43.3 Å². The molecule has 0 bridgehead atoms. The van der Waals surface area contributed by atoms with E-state index in [-0.39, 0.29) is 24.7 Å². The van der Waals surface area contributed by atoms with Gasteiger partial charge >= 0.3 is 12.1 Å². The second-order valence-corrected chi connectivity index (χ2v) is 3.62. The molecule has 86 valence electrons. The standard InChI is InChI=1S/C10H17NO4/c1-8(12)15-7-9-5-3-4-6-11(9)10(13)14-2/h9H,3-7H2,1-2H3/t9-/m0/s1. The molecule has 1 saturated heterocycles. The van der Waals surface area contributed by atoms with E-state index in [9.17, 15) is 9.59 Å². The van der Waals surface area contributed by atoms with Crippen LogP contribution in [-0.2, 0) is 14.3 Å². The molecule has 15 heavy (non-hydrogen) atoms. The van der Waals surface area contributed by atoms with Crippen molar-refractivity contribution in [3.8, 4) is 0 Å². The Labute approximate surface area is 89.3 Å². The summed E-state index contributed by atoms with van der Waals surface area (Å²) in [5, 5.41) is 0. The summed E-state index contributed by atoms with van der Waals surface area (Å²) in [6, 6.07) is -0.0323. The van der Waals surface area contributed by atoms with Gasteiger partial charge in [-0.15, -0.1) is 0 Å². The molecule has 5 heteroatoms. The molecular weight excluding hydrogens is 198 g/mol. The lowest BCUT2D eigenvalue weighted by atomic mass is 10.0. The fourth-order valence-electron chi connectivity index (χ4n) is 1.74. The molecule has 0 unspecified atom stereocenters. The number of esters is 1. The summed E-state index contributed by atoms with van der Waals surface area (Å²) < 4.78 is 9.59. The summed E-state index contributed by atoms with van der Waals surface area (Å²) >= 11 is 0. The number of ether oxygens (including phenoxy) is 2. The van der Waals surface area contributed by atoms with E-state index < -0.39 is 0 Å². The van der Waals surface area contributed by atoms with Gasteiger partial charge in [-0.25, -0.2) is 4.79 Å². The van der Waals surface area contributed by atoms with Gasteiger partial charge < -0.3 is 14.4 Å². The molecule has 0 saturated carbocycles. The number of nitrogens with zero attached hydrogens (tertiary/aromatic N) is 1.